The van der Waals surface area contributed by atoms with Gasteiger partial charge in [-0.3, -0.25) is 9.59 Å². The third kappa shape index (κ3) is 4.01. The van der Waals surface area contributed by atoms with E-state index in [4.69, 9.17) is 0 Å². The number of para-hydroxylation sites is 1. The molecule has 0 fully saturated rings. The molecule has 8 heteroatoms. The summed E-state index contributed by atoms with van der Waals surface area (Å²) >= 11 is 2.63. The lowest BCUT2D eigenvalue weighted by Gasteiger charge is -2.23. The van der Waals surface area contributed by atoms with Gasteiger partial charge in [-0.05, 0) is 24.3 Å². The van der Waals surface area contributed by atoms with Crippen molar-refractivity contribution in [1.29, 1.82) is 0 Å². The first-order chi connectivity index (χ1) is 13.1. The van der Waals surface area contributed by atoms with Crippen molar-refractivity contribution in [2.45, 2.75) is 16.6 Å². The quantitative estimate of drug-likeness (QED) is 0.683. The highest BCUT2D eigenvalue weighted by atomic mass is 32.2. The fraction of sp³-hybridized carbons (Fsp3) is 0.105. The van der Waals surface area contributed by atoms with Gasteiger partial charge in [0, 0.05) is 22.3 Å². The molecule has 4 rings (SSSR count). The van der Waals surface area contributed by atoms with Crippen molar-refractivity contribution < 1.29 is 14.0 Å². The monoisotopic (exact) mass is 399 g/mol. The molecule has 2 heterocycles. The van der Waals surface area contributed by atoms with Gasteiger partial charge in [-0.2, -0.15) is 0 Å². The van der Waals surface area contributed by atoms with Crippen LogP contribution in [0.15, 0.2) is 58.8 Å². The first-order valence-electron chi connectivity index (χ1n) is 8.16. The molecule has 0 bridgehead atoms. The van der Waals surface area contributed by atoms with E-state index in [-0.39, 0.29) is 24.1 Å². The van der Waals surface area contributed by atoms with Crippen LogP contribution >= 0.6 is 23.1 Å². The zero-order valence-corrected chi connectivity index (χ0v) is 15.6. The number of fused-ring (bicyclic) bond motifs is 1. The first-order valence-corrected chi connectivity index (χ1v) is 9.92. The highest BCUT2D eigenvalue weighted by Crippen LogP contribution is 2.36. The summed E-state index contributed by atoms with van der Waals surface area (Å²) in [5.41, 5.74) is 2.00. The number of carbonyl (C=O) groups is 2. The van der Waals surface area contributed by atoms with Crippen molar-refractivity contribution in [3.05, 3.63) is 59.7 Å². The van der Waals surface area contributed by atoms with Crippen LogP contribution in [0.2, 0.25) is 0 Å². The van der Waals surface area contributed by atoms with Crippen LogP contribution in [0.25, 0.3) is 11.3 Å². The first kappa shape index (κ1) is 17.7. The summed E-state index contributed by atoms with van der Waals surface area (Å²) in [5, 5.41) is 7.21. The predicted octanol–water partition coefficient (Wildman–Crippen LogP) is 4.39. The van der Waals surface area contributed by atoms with Gasteiger partial charge in [0.2, 0.25) is 11.8 Å². The van der Waals surface area contributed by atoms with Crippen LogP contribution in [0.4, 0.5) is 15.2 Å². The Morgan fingerprint density at radius 2 is 2.07 bits per heavy atom. The van der Waals surface area contributed by atoms with E-state index in [1.807, 2.05) is 24.3 Å². The second-order valence-electron chi connectivity index (χ2n) is 5.89. The molecular formula is C19H14FN3O2S2. The Balaban J connectivity index is 1.41. The van der Waals surface area contributed by atoms with Crippen molar-refractivity contribution >= 4 is 45.7 Å². The highest BCUT2D eigenvalue weighted by Gasteiger charge is 2.29. The van der Waals surface area contributed by atoms with E-state index in [1.165, 1.54) is 35.2 Å². The second-order valence-corrected chi connectivity index (χ2v) is 8.00. The number of nitrogens with one attached hydrogen (secondary N) is 2. The van der Waals surface area contributed by atoms with Crippen LogP contribution in [0.3, 0.4) is 0 Å². The lowest BCUT2D eigenvalue weighted by Crippen LogP contribution is -2.32. The molecule has 3 aromatic rings. The number of anilines is 2. The molecule has 1 aliphatic rings. The van der Waals surface area contributed by atoms with Crippen LogP contribution in [0, 0.1) is 5.82 Å². The molecule has 1 aromatic heterocycles. The Labute approximate surface area is 163 Å². The number of halogens is 1. The number of benzene rings is 2. The van der Waals surface area contributed by atoms with Gasteiger partial charge in [-0.1, -0.05) is 24.3 Å². The number of nitrogens with zero attached hydrogens (tertiary/aromatic N) is 1. The normalized spacial score (nSPS) is 15.7. The molecule has 0 saturated heterocycles. The maximum absolute atomic E-state index is 13.3. The maximum Gasteiger partial charge on any atom is 0.238 e. The van der Waals surface area contributed by atoms with Gasteiger partial charge in [0.1, 0.15) is 5.82 Å². The van der Waals surface area contributed by atoms with Gasteiger partial charge < -0.3 is 10.6 Å². The van der Waals surface area contributed by atoms with Crippen molar-refractivity contribution in [2.24, 2.45) is 0 Å². The third-order valence-corrected chi connectivity index (χ3v) is 5.98. The van der Waals surface area contributed by atoms with E-state index in [9.17, 15) is 14.0 Å². The van der Waals surface area contributed by atoms with E-state index in [1.54, 1.807) is 17.5 Å². The van der Waals surface area contributed by atoms with Crippen molar-refractivity contribution in [1.82, 2.24) is 4.98 Å². The average Bonchev–Trinajstić information content (AvgIpc) is 3.11. The molecule has 27 heavy (non-hydrogen) atoms. The SMILES string of the molecule is O=C(CC1Sc2ccccc2NC1=O)Nc1nc(-c2cccc(F)c2)cs1. The zero-order chi connectivity index (χ0) is 18.8. The zero-order valence-electron chi connectivity index (χ0n) is 13.9. The highest BCUT2D eigenvalue weighted by molar-refractivity contribution is 8.01. The largest absolute Gasteiger partial charge is 0.324 e. The second kappa shape index (κ2) is 7.50. The molecule has 5 nitrogen and oxygen atoms in total. The predicted molar refractivity (Wildman–Crippen MR) is 105 cm³/mol. The number of aromatic nitrogens is 1. The molecule has 1 aliphatic heterocycles. The van der Waals surface area contributed by atoms with Gasteiger partial charge in [0.25, 0.3) is 0 Å². The number of amides is 2. The number of hydrogen-bond acceptors (Lipinski definition) is 5. The number of thiazole rings is 1. The molecule has 0 saturated carbocycles. The minimum Gasteiger partial charge on any atom is -0.324 e. The molecule has 2 aromatic carbocycles. The number of rotatable bonds is 4. The minimum atomic E-state index is -0.498. The van der Waals surface area contributed by atoms with Crippen LogP contribution in [0.1, 0.15) is 6.42 Å². The van der Waals surface area contributed by atoms with Gasteiger partial charge >= 0.3 is 0 Å². The van der Waals surface area contributed by atoms with Crippen LogP contribution < -0.4 is 10.6 Å². The van der Waals surface area contributed by atoms with Gasteiger partial charge in [-0.25, -0.2) is 9.37 Å². The summed E-state index contributed by atoms with van der Waals surface area (Å²) < 4.78 is 13.3. The van der Waals surface area contributed by atoms with E-state index in [0.717, 1.165) is 10.6 Å². The Morgan fingerprint density at radius 3 is 2.93 bits per heavy atom. The fourth-order valence-corrected chi connectivity index (χ4v) is 4.52. The van der Waals surface area contributed by atoms with Crippen molar-refractivity contribution in [3.63, 3.8) is 0 Å². The van der Waals surface area contributed by atoms with E-state index < -0.39 is 5.25 Å². The topological polar surface area (TPSA) is 71.1 Å². The third-order valence-electron chi connectivity index (χ3n) is 3.95. The summed E-state index contributed by atoms with van der Waals surface area (Å²) in [5.74, 6) is -0.817. The van der Waals surface area contributed by atoms with Crippen LogP contribution in [0.5, 0.6) is 0 Å². The lowest BCUT2D eigenvalue weighted by molar-refractivity contribution is -0.120. The number of hydrogen-bond donors (Lipinski definition) is 2. The van der Waals surface area contributed by atoms with E-state index in [0.29, 0.717) is 16.4 Å². The molecule has 0 radical (unpaired) electrons. The van der Waals surface area contributed by atoms with Gasteiger partial charge in [-0.15, -0.1) is 23.1 Å². The van der Waals surface area contributed by atoms with E-state index in [2.05, 4.69) is 15.6 Å². The van der Waals surface area contributed by atoms with Crippen LogP contribution in [-0.2, 0) is 9.59 Å². The summed E-state index contributed by atoms with van der Waals surface area (Å²) in [6.45, 7) is 0. The molecule has 0 aliphatic carbocycles. The van der Waals surface area contributed by atoms with Gasteiger partial charge in [0.05, 0.1) is 16.6 Å². The Bertz CT molecular complexity index is 1020. The van der Waals surface area contributed by atoms with Gasteiger partial charge in [0.15, 0.2) is 5.13 Å². The molecular weight excluding hydrogens is 385 g/mol. The average molecular weight is 399 g/mol. The molecule has 2 N–H and O–H groups in total. The Kier molecular flexibility index (Phi) is 4.91. The molecule has 0 spiro atoms. The van der Waals surface area contributed by atoms with Crippen molar-refractivity contribution in [2.75, 3.05) is 10.6 Å². The summed E-state index contributed by atoms with van der Waals surface area (Å²) in [6, 6.07) is 13.6. The molecule has 2 amide bonds. The van der Waals surface area contributed by atoms with E-state index >= 15 is 0 Å². The number of carbonyl (C=O) groups excluding carboxylic acids is 2. The Hall–Kier alpha value is -2.71. The standard InChI is InChI=1S/C19H14FN3O2S2/c20-12-5-3-4-11(8-12)14-10-26-19(22-14)23-17(24)9-16-18(25)21-13-6-1-2-7-15(13)27-16/h1-8,10,16H,9H2,(H,21,25)(H,22,23,24). The van der Waals surface area contributed by atoms with Crippen LogP contribution in [-0.4, -0.2) is 22.0 Å². The number of thioether (sulfide) groups is 1. The molecule has 1 unspecified atom stereocenters. The molecule has 1 atom stereocenters. The smallest absolute Gasteiger partial charge is 0.238 e. The lowest BCUT2D eigenvalue weighted by atomic mass is 10.2. The fourth-order valence-electron chi connectivity index (χ4n) is 2.68. The maximum atomic E-state index is 13.3. The summed E-state index contributed by atoms with van der Waals surface area (Å²) in [7, 11) is 0. The Morgan fingerprint density at radius 1 is 1.22 bits per heavy atom. The summed E-state index contributed by atoms with van der Waals surface area (Å²) in [6.07, 6.45) is 0.0414. The van der Waals surface area contributed by atoms with Crippen molar-refractivity contribution in [3.8, 4) is 11.3 Å². The molecule has 136 valence electrons. The summed E-state index contributed by atoms with van der Waals surface area (Å²) in [4.78, 5) is 29.8. The minimum absolute atomic E-state index is 0.0414.